The van der Waals surface area contributed by atoms with Crippen LogP contribution in [-0.4, -0.2) is 35.5 Å². The number of nitrogens with one attached hydrogen (secondary N) is 1. The zero-order valence-electron chi connectivity index (χ0n) is 11.3. The topological polar surface area (TPSA) is 66.1 Å². The third-order valence-electron chi connectivity index (χ3n) is 3.77. The number of alkyl halides is 1. The SMILES string of the molecule is CCN(C1CCCC1)S(=O)(=O)c1n[nH]c(C)c1CCl. The van der Waals surface area contributed by atoms with Crippen molar-refractivity contribution in [2.75, 3.05) is 6.54 Å². The first kappa shape index (κ1) is 14.8. The van der Waals surface area contributed by atoms with Crippen molar-refractivity contribution < 1.29 is 8.42 Å². The molecule has 1 N–H and O–H groups in total. The fraction of sp³-hybridized carbons (Fsp3) is 0.750. The van der Waals surface area contributed by atoms with Crippen molar-refractivity contribution in [1.29, 1.82) is 0 Å². The summed E-state index contributed by atoms with van der Waals surface area (Å²) in [7, 11) is -3.55. The molecule has 19 heavy (non-hydrogen) atoms. The van der Waals surface area contributed by atoms with Crippen LogP contribution < -0.4 is 0 Å². The Morgan fingerprint density at radius 2 is 2.05 bits per heavy atom. The second-order valence-electron chi connectivity index (χ2n) is 4.91. The summed E-state index contributed by atoms with van der Waals surface area (Å²) in [5.74, 6) is 0.152. The normalized spacial score (nSPS) is 17.5. The molecule has 2 rings (SSSR count). The van der Waals surface area contributed by atoms with Crippen molar-refractivity contribution >= 4 is 21.6 Å². The first-order valence-corrected chi connectivity index (χ1v) is 8.61. The van der Waals surface area contributed by atoms with Gasteiger partial charge in [-0.3, -0.25) is 5.10 Å². The minimum Gasteiger partial charge on any atom is -0.281 e. The molecule has 0 atom stereocenters. The molecule has 1 heterocycles. The highest BCUT2D eigenvalue weighted by Crippen LogP contribution is 2.29. The van der Waals surface area contributed by atoms with Gasteiger partial charge in [0.15, 0.2) is 5.03 Å². The van der Waals surface area contributed by atoms with E-state index in [4.69, 9.17) is 11.6 Å². The molecule has 0 radical (unpaired) electrons. The summed E-state index contributed by atoms with van der Waals surface area (Å²) >= 11 is 5.85. The molecule has 0 amide bonds. The smallest absolute Gasteiger partial charge is 0.262 e. The van der Waals surface area contributed by atoms with Crippen LogP contribution in [-0.2, 0) is 15.9 Å². The molecule has 0 aromatic carbocycles. The van der Waals surface area contributed by atoms with Crippen molar-refractivity contribution in [3.63, 3.8) is 0 Å². The van der Waals surface area contributed by atoms with Gasteiger partial charge in [0.25, 0.3) is 10.0 Å². The zero-order valence-corrected chi connectivity index (χ0v) is 12.9. The Bertz CT molecular complexity index is 535. The molecule has 7 heteroatoms. The van der Waals surface area contributed by atoms with E-state index in [9.17, 15) is 8.42 Å². The summed E-state index contributed by atoms with van der Waals surface area (Å²) < 4.78 is 27.0. The second kappa shape index (κ2) is 5.81. The molecule has 1 aromatic heterocycles. The van der Waals surface area contributed by atoms with E-state index in [-0.39, 0.29) is 16.9 Å². The molecular weight excluding hydrogens is 286 g/mol. The first-order chi connectivity index (χ1) is 9.02. The van der Waals surface area contributed by atoms with E-state index < -0.39 is 10.0 Å². The number of hydrogen-bond acceptors (Lipinski definition) is 3. The second-order valence-corrected chi connectivity index (χ2v) is 6.99. The number of halogens is 1. The van der Waals surface area contributed by atoms with Crippen LogP contribution in [0.15, 0.2) is 5.03 Å². The lowest BCUT2D eigenvalue weighted by Crippen LogP contribution is -2.39. The number of hydrogen-bond donors (Lipinski definition) is 1. The van der Waals surface area contributed by atoms with Crippen LogP contribution in [0.5, 0.6) is 0 Å². The molecular formula is C12H20ClN3O2S. The molecule has 1 fully saturated rings. The minimum absolute atomic E-state index is 0.0914. The van der Waals surface area contributed by atoms with Gasteiger partial charge in [0.2, 0.25) is 0 Å². The molecule has 1 aliphatic carbocycles. The molecule has 0 aliphatic heterocycles. The zero-order chi connectivity index (χ0) is 14.0. The van der Waals surface area contributed by atoms with Gasteiger partial charge >= 0.3 is 0 Å². The highest BCUT2D eigenvalue weighted by Gasteiger charge is 2.35. The number of aryl methyl sites for hydroxylation is 1. The maximum atomic E-state index is 12.7. The molecule has 108 valence electrons. The molecule has 0 saturated heterocycles. The van der Waals surface area contributed by atoms with Gasteiger partial charge in [0.05, 0.1) is 5.88 Å². The van der Waals surface area contributed by atoms with E-state index >= 15 is 0 Å². The van der Waals surface area contributed by atoms with Crippen molar-refractivity contribution in [3.05, 3.63) is 11.3 Å². The van der Waals surface area contributed by atoms with Crippen LogP contribution in [0.4, 0.5) is 0 Å². The molecule has 0 bridgehead atoms. The van der Waals surface area contributed by atoms with E-state index in [0.717, 1.165) is 31.4 Å². The van der Waals surface area contributed by atoms with Gasteiger partial charge < -0.3 is 0 Å². The third kappa shape index (κ3) is 2.66. The number of aromatic nitrogens is 2. The molecule has 1 saturated carbocycles. The van der Waals surface area contributed by atoms with Crippen LogP contribution in [0.1, 0.15) is 43.9 Å². The summed E-state index contributed by atoms with van der Waals surface area (Å²) in [6.45, 7) is 4.13. The highest BCUT2D eigenvalue weighted by atomic mass is 35.5. The summed E-state index contributed by atoms with van der Waals surface area (Å²) in [4.78, 5) is 0. The van der Waals surface area contributed by atoms with Gasteiger partial charge in [-0.25, -0.2) is 8.42 Å². The van der Waals surface area contributed by atoms with Crippen molar-refractivity contribution in [3.8, 4) is 0 Å². The highest BCUT2D eigenvalue weighted by molar-refractivity contribution is 7.89. The largest absolute Gasteiger partial charge is 0.281 e. The van der Waals surface area contributed by atoms with Crippen LogP contribution in [0.25, 0.3) is 0 Å². The van der Waals surface area contributed by atoms with E-state index in [0.29, 0.717) is 12.1 Å². The molecule has 0 spiro atoms. The number of nitrogens with zero attached hydrogens (tertiary/aromatic N) is 2. The van der Waals surface area contributed by atoms with Crippen molar-refractivity contribution in [1.82, 2.24) is 14.5 Å². The van der Waals surface area contributed by atoms with E-state index in [2.05, 4.69) is 10.2 Å². The summed E-state index contributed by atoms with van der Waals surface area (Å²) in [5, 5.41) is 6.77. The van der Waals surface area contributed by atoms with Gasteiger partial charge in [0, 0.05) is 23.8 Å². The Morgan fingerprint density at radius 1 is 1.42 bits per heavy atom. The van der Waals surface area contributed by atoms with E-state index in [1.54, 1.807) is 11.2 Å². The monoisotopic (exact) mass is 305 g/mol. The van der Waals surface area contributed by atoms with Crippen LogP contribution in [0.2, 0.25) is 0 Å². The third-order valence-corrected chi connectivity index (χ3v) is 6.03. The maximum absolute atomic E-state index is 12.7. The van der Waals surface area contributed by atoms with Gasteiger partial charge in [-0.2, -0.15) is 9.40 Å². The lowest BCUT2D eigenvalue weighted by Gasteiger charge is -2.26. The van der Waals surface area contributed by atoms with Crippen LogP contribution in [0.3, 0.4) is 0 Å². The molecule has 1 aliphatic rings. The van der Waals surface area contributed by atoms with Crippen LogP contribution in [0, 0.1) is 6.92 Å². The quantitative estimate of drug-likeness (QED) is 0.850. The molecule has 5 nitrogen and oxygen atoms in total. The van der Waals surface area contributed by atoms with Gasteiger partial charge in [-0.15, -0.1) is 11.6 Å². The van der Waals surface area contributed by atoms with E-state index in [1.165, 1.54) is 0 Å². The number of H-pyrrole nitrogens is 1. The lowest BCUT2D eigenvalue weighted by atomic mass is 10.2. The minimum atomic E-state index is -3.55. The Kier molecular flexibility index (Phi) is 4.53. The Morgan fingerprint density at radius 3 is 2.58 bits per heavy atom. The number of rotatable bonds is 5. The summed E-state index contributed by atoms with van der Waals surface area (Å²) in [6, 6.07) is 0.107. The Hall–Kier alpha value is -0.590. The van der Waals surface area contributed by atoms with Gasteiger partial charge in [-0.1, -0.05) is 19.8 Å². The summed E-state index contributed by atoms with van der Waals surface area (Å²) in [5.41, 5.74) is 1.30. The maximum Gasteiger partial charge on any atom is 0.262 e. The fourth-order valence-electron chi connectivity index (χ4n) is 2.73. The lowest BCUT2D eigenvalue weighted by molar-refractivity contribution is 0.334. The average Bonchev–Trinajstić information content (AvgIpc) is 2.99. The first-order valence-electron chi connectivity index (χ1n) is 6.64. The summed E-state index contributed by atoms with van der Waals surface area (Å²) in [6.07, 6.45) is 4.07. The van der Waals surface area contributed by atoms with Gasteiger partial charge in [0.1, 0.15) is 0 Å². The predicted octanol–water partition coefficient (Wildman–Crippen LogP) is 2.41. The van der Waals surface area contributed by atoms with Crippen molar-refractivity contribution in [2.24, 2.45) is 0 Å². The van der Waals surface area contributed by atoms with Gasteiger partial charge in [-0.05, 0) is 19.8 Å². The average molecular weight is 306 g/mol. The Labute approximate surface area is 119 Å². The number of sulfonamides is 1. The molecule has 1 aromatic rings. The predicted molar refractivity (Wildman–Crippen MR) is 74.7 cm³/mol. The van der Waals surface area contributed by atoms with E-state index in [1.807, 2.05) is 6.92 Å². The van der Waals surface area contributed by atoms with Crippen LogP contribution >= 0.6 is 11.6 Å². The molecule has 0 unspecified atom stereocenters. The Balaban J connectivity index is 2.39. The number of aromatic amines is 1. The van der Waals surface area contributed by atoms with Crippen molar-refractivity contribution in [2.45, 2.75) is 56.5 Å². The fourth-order valence-corrected chi connectivity index (χ4v) is 5.00. The standard InChI is InChI=1S/C12H20ClN3O2S/c1-3-16(10-6-4-5-7-10)19(17,18)12-11(8-13)9(2)14-15-12/h10H,3-8H2,1-2H3,(H,14,15).